The molecular weight excluding hydrogens is 252 g/mol. The Labute approximate surface area is 119 Å². The Morgan fingerprint density at radius 1 is 1.00 bits per heavy atom. The second-order valence-electron chi connectivity index (χ2n) is 4.48. The predicted octanol–water partition coefficient (Wildman–Crippen LogP) is 4.41. The van der Waals surface area contributed by atoms with E-state index in [9.17, 15) is 4.79 Å². The maximum absolute atomic E-state index is 12.6. The summed E-state index contributed by atoms with van der Waals surface area (Å²) in [6, 6.07) is 19.7. The van der Waals surface area contributed by atoms with Gasteiger partial charge in [0.15, 0.2) is 5.78 Å². The molecule has 0 aliphatic heterocycles. The molecule has 2 aromatic rings. The van der Waals surface area contributed by atoms with Gasteiger partial charge in [-0.15, -0.1) is 0 Å². The molecule has 0 aliphatic carbocycles. The number of rotatable bonds is 6. The van der Waals surface area contributed by atoms with Crippen molar-refractivity contribution in [1.29, 1.82) is 0 Å². The van der Waals surface area contributed by atoms with Gasteiger partial charge in [-0.3, -0.25) is 4.79 Å². The Morgan fingerprint density at radius 2 is 1.58 bits per heavy atom. The zero-order valence-electron chi connectivity index (χ0n) is 11.1. The van der Waals surface area contributed by atoms with E-state index < -0.39 is 0 Å². The first-order valence-corrected chi connectivity index (χ1v) is 7.85. The van der Waals surface area contributed by atoms with Gasteiger partial charge in [0.05, 0.1) is 0 Å². The van der Waals surface area contributed by atoms with Crippen LogP contribution in [-0.2, 0) is 0 Å². The van der Waals surface area contributed by atoms with Gasteiger partial charge >= 0.3 is 0 Å². The van der Waals surface area contributed by atoms with Crippen molar-refractivity contribution in [3.63, 3.8) is 0 Å². The van der Waals surface area contributed by atoms with Crippen molar-refractivity contribution in [2.45, 2.75) is 12.3 Å². The van der Waals surface area contributed by atoms with Crippen LogP contribution in [0.2, 0.25) is 0 Å². The average molecular weight is 270 g/mol. The number of benzene rings is 2. The van der Waals surface area contributed by atoms with Crippen molar-refractivity contribution in [3.8, 4) is 0 Å². The second-order valence-corrected chi connectivity index (χ2v) is 5.46. The quantitative estimate of drug-likeness (QED) is 0.723. The fourth-order valence-corrected chi connectivity index (χ4v) is 2.65. The first-order chi connectivity index (χ1) is 9.33. The van der Waals surface area contributed by atoms with E-state index in [1.54, 1.807) is 11.8 Å². The molecule has 0 unspecified atom stereocenters. The zero-order valence-corrected chi connectivity index (χ0v) is 11.9. The fourth-order valence-electron chi connectivity index (χ4n) is 2.17. The van der Waals surface area contributed by atoms with Crippen molar-refractivity contribution < 1.29 is 4.79 Å². The van der Waals surface area contributed by atoms with Crippen LogP contribution in [0.5, 0.6) is 0 Å². The SMILES string of the molecule is CSCC[C@H](C(=O)c1ccccc1)c1ccccc1. The van der Waals surface area contributed by atoms with Crippen molar-refractivity contribution in [1.82, 2.24) is 0 Å². The van der Waals surface area contributed by atoms with Gasteiger partial charge in [0, 0.05) is 11.5 Å². The number of hydrogen-bond donors (Lipinski definition) is 0. The first-order valence-electron chi connectivity index (χ1n) is 6.46. The average Bonchev–Trinajstić information content (AvgIpc) is 2.49. The van der Waals surface area contributed by atoms with Crippen LogP contribution in [-0.4, -0.2) is 17.8 Å². The molecule has 0 heterocycles. The molecule has 1 atom stereocenters. The zero-order chi connectivity index (χ0) is 13.5. The van der Waals surface area contributed by atoms with Gasteiger partial charge in [-0.25, -0.2) is 0 Å². The van der Waals surface area contributed by atoms with E-state index in [-0.39, 0.29) is 11.7 Å². The summed E-state index contributed by atoms with van der Waals surface area (Å²) in [7, 11) is 0. The summed E-state index contributed by atoms with van der Waals surface area (Å²) < 4.78 is 0. The molecule has 0 spiro atoms. The van der Waals surface area contributed by atoms with Gasteiger partial charge in [-0.1, -0.05) is 60.7 Å². The molecule has 2 rings (SSSR count). The van der Waals surface area contributed by atoms with Gasteiger partial charge in [-0.05, 0) is 24.0 Å². The van der Waals surface area contributed by atoms with Gasteiger partial charge in [-0.2, -0.15) is 11.8 Å². The van der Waals surface area contributed by atoms with Crippen LogP contribution in [0.3, 0.4) is 0 Å². The molecule has 98 valence electrons. The highest BCUT2D eigenvalue weighted by atomic mass is 32.2. The molecule has 0 aromatic heterocycles. The molecule has 19 heavy (non-hydrogen) atoms. The Kier molecular flexibility index (Phi) is 5.22. The molecule has 0 bridgehead atoms. The summed E-state index contributed by atoms with van der Waals surface area (Å²) in [5, 5.41) is 0. The van der Waals surface area contributed by atoms with Crippen LogP contribution < -0.4 is 0 Å². The summed E-state index contributed by atoms with van der Waals surface area (Å²) in [5.41, 5.74) is 1.92. The van der Waals surface area contributed by atoms with E-state index in [0.717, 1.165) is 23.3 Å². The lowest BCUT2D eigenvalue weighted by atomic mass is 9.88. The minimum absolute atomic E-state index is 0.0314. The highest BCUT2D eigenvalue weighted by molar-refractivity contribution is 7.98. The van der Waals surface area contributed by atoms with E-state index in [4.69, 9.17) is 0 Å². The highest BCUT2D eigenvalue weighted by Gasteiger charge is 2.21. The topological polar surface area (TPSA) is 17.1 Å². The smallest absolute Gasteiger partial charge is 0.170 e. The summed E-state index contributed by atoms with van der Waals surface area (Å²) >= 11 is 1.78. The predicted molar refractivity (Wildman–Crippen MR) is 83.0 cm³/mol. The molecule has 2 heteroatoms. The van der Waals surface area contributed by atoms with Crippen LogP contribution in [0.4, 0.5) is 0 Å². The van der Waals surface area contributed by atoms with Crippen molar-refractivity contribution >= 4 is 17.5 Å². The third-order valence-corrected chi connectivity index (χ3v) is 3.83. The molecule has 0 saturated heterocycles. The Morgan fingerprint density at radius 3 is 2.16 bits per heavy atom. The van der Waals surface area contributed by atoms with E-state index in [1.165, 1.54) is 0 Å². The van der Waals surface area contributed by atoms with Crippen molar-refractivity contribution in [2.75, 3.05) is 12.0 Å². The molecule has 0 radical (unpaired) electrons. The Bertz CT molecular complexity index is 507. The Balaban J connectivity index is 2.25. The number of Topliss-reactive ketones (excluding diaryl/α,β-unsaturated/α-hetero) is 1. The second kappa shape index (κ2) is 7.15. The summed E-state index contributed by atoms with van der Waals surface area (Å²) in [6.45, 7) is 0. The molecular formula is C17H18OS. The van der Waals surface area contributed by atoms with E-state index in [0.29, 0.717) is 0 Å². The monoisotopic (exact) mass is 270 g/mol. The Hall–Kier alpha value is -1.54. The number of thioether (sulfide) groups is 1. The standard InChI is InChI=1S/C17H18OS/c1-19-13-12-16(14-8-4-2-5-9-14)17(18)15-10-6-3-7-11-15/h2-11,16H,12-13H2,1H3/t16-/m0/s1. The van der Waals surface area contributed by atoms with Crippen molar-refractivity contribution in [3.05, 3.63) is 71.8 Å². The number of carbonyl (C=O) groups is 1. The minimum Gasteiger partial charge on any atom is -0.293 e. The lowest BCUT2D eigenvalue weighted by molar-refractivity contribution is 0.0958. The van der Waals surface area contributed by atoms with Crippen LogP contribution >= 0.6 is 11.8 Å². The molecule has 2 aromatic carbocycles. The van der Waals surface area contributed by atoms with Crippen LogP contribution in [0.1, 0.15) is 28.3 Å². The third kappa shape index (κ3) is 3.71. The first kappa shape index (κ1) is 13.9. The van der Waals surface area contributed by atoms with E-state index >= 15 is 0 Å². The molecule has 0 N–H and O–H groups in total. The normalized spacial score (nSPS) is 12.1. The largest absolute Gasteiger partial charge is 0.293 e. The van der Waals surface area contributed by atoms with E-state index in [1.807, 2.05) is 60.7 Å². The maximum atomic E-state index is 12.6. The highest BCUT2D eigenvalue weighted by Crippen LogP contribution is 2.25. The van der Waals surface area contributed by atoms with Gasteiger partial charge in [0.2, 0.25) is 0 Å². The summed E-state index contributed by atoms with van der Waals surface area (Å²) in [4.78, 5) is 12.6. The van der Waals surface area contributed by atoms with Crippen molar-refractivity contribution in [2.24, 2.45) is 0 Å². The lowest BCUT2D eigenvalue weighted by Gasteiger charge is -2.16. The molecule has 0 saturated carbocycles. The van der Waals surface area contributed by atoms with Gasteiger partial charge in [0.1, 0.15) is 0 Å². The number of ketones is 1. The summed E-state index contributed by atoms with van der Waals surface area (Å²) in [5.74, 6) is 1.19. The number of hydrogen-bond acceptors (Lipinski definition) is 2. The maximum Gasteiger partial charge on any atom is 0.170 e. The molecule has 1 nitrogen and oxygen atoms in total. The molecule has 0 fully saturated rings. The van der Waals surface area contributed by atoms with E-state index in [2.05, 4.69) is 6.26 Å². The van der Waals surface area contributed by atoms with Crippen LogP contribution in [0.25, 0.3) is 0 Å². The molecule has 0 amide bonds. The van der Waals surface area contributed by atoms with Gasteiger partial charge in [0.25, 0.3) is 0 Å². The fraction of sp³-hybridized carbons (Fsp3) is 0.235. The summed E-state index contributed by atoms with van der Waals surface area (Å²) in [6.07, 6.45) is 2.97. The van der Waals surface area contributed by atoms with Gasteiger partial charge < -0.3 is 0 Å². The van der Waals surface area contributed by atoms with Crippen LogP contribution in [0.15, 0.2) is 60.7 Å². The van der Waals surface area contributed by atoms with Crippen LogP contribution in [0, 0.1) is 0 Å². The third-order valence-electron chi connectivity index (χ3n) is 3.19. The lowest BCUT2D eigenvalue weighted by Crippen LogP contribution is -2.14. The molecule has 0 aliphatic rings. The number of carbonyl (C=O) groups excluding carboxylic acids is 1. The minimum atomic E-state index is -0.0314.